The summed E-state index contributed by atoms with van der Waals surface area (Å²) in [6, 6.07) is 0. The highest BCUT2D eigenvalue weighted by molar-refractivity contribution is 7.99. The fraction of sp³-hybridized carbons (Fsp3) is 0.412. The van der Waals surface area contributed by atoms with Crippen LogP contribution in [0.5, 0.6) is 0 Å². The number of nitrogens with zero attached hydrogens (tertiary/aromatic N) is 2. The molecule has 2 N–H and O–H groups in total. The highest BCUT2D eigenvalue weighted by Gasteiger charge is 2.23. The Bertz CT molecular complexity index is 1040. The van der Waals surface area contributed by atoms with E-state index in [1.165, 1.54) is 33.5 Å². The number of carbonyl (C=O) groups excluding carboxylic acids is 1. The second kappa shape index (κ2) is 7.13. The number of carbonyl (C=O) groups is 1. The van der Waals surface area contributed by atoms with Crippen molar-refractivity contribution in [2.24, 2.45) is 5.92 Å². The van der Waals surface area contributed by atoms with Crippen molar-refractivity contribution in [1.82, 2.24) is 15.0 Å². The molecule has 0 radical (unpaired) electrons. The van der Waals surface area contributed by atoms with E-state index in [0.717, 1.165) is 35.2 Å². The third kappa shape index (κ3) is 3.56. The molecule has 0 saturated carbocycles. The first-order chi connectivity index (χ1) is 12.5. The smallest absolute Gasteiger partial charge is 0.260 e. The van der Waals surface area contributed by atoms with Gasteiger partial charge in [-0.3, -0.25) is 9.59 Å². The Labute approximate surface area is 162 Å². The van der Waals surface area contributed by atoms with Gasteiger partial charge in [-0.05, 0) is 37.7 Å². The Morgan fingerprint density at radius 2 is 2.31 bits per heavy atom. The minimum Gasteiger partial charge on any atom is -0.301 e. The number of aryl methyl sites for hydroxylation is 2. The molecule has 9 heteroatoms. The van der Waals surface area contributed by atoms with Crippen molar-refractivity contribution in [3.63, 3.8) is 0 Å². The molecule has 6 nitrogen and oxygen atoms in total. The molecule has 0 unspecified atom stereocenters. The van der Waals surface area contributed by atoms with E-state index in [1.807, 2.05) is 12.3 Å². The third-order valence-corrected chi connectivity index (χ3v) is 7.25. The largest absolute Gasteiger partial charge is 0.301 e. The van der Waals surface area contributed by atoms with Gasteiger partial charge in [0.1, 0.15) is 4.83 Å². The maximum absolute atomic E-state index is 12.5. The minimum absolute atomic E-state index is 0.0968. The average Bonchev–Trinajstić information content (AvgIpc) is 3.15. The summed E-state index contributed by atoms with van der Waals surface area (Å²) < 4.78 is 0. The van der Waals surface area contributed by atoms with Gasteiger partial charge in [-0.2, -0.15) is 0 Å². The van der Waals surface area contributed by atoms with E-state index < -0.39 is 0 Å². The van der Waals surface area contributed by atoms with Crippen LogP contribution in [-0.2, 0) is 17.6 Å². The number of H-pyrrole nitrogens is 1. The summed E-state index contributed by atoms with van der Waals surface area (Å²) in [6.45, 7) is 4.13. The Kier molecular flexibility index (Phi) is 4.85. The number of nitrogens with one attached hydrogen (secondary N) is 2. The molecule has 0 fully saturated rings. The van der Waals surface area contributed by atoms with Gasteiger partial charge in [0.25, 0.3) is 5.56 Å². The highest BCUT2D eigenvalue weighted by Crippen LogP contribution is 2.36. The number of hydrogen-bond acceptors (Lipinski definition) is 7. The zero-order valence-electron chi connectivity index (χ0n) is 14.4. The standard InChI is InChI=1S/C17H18N4O2S3/c1-8-3-4-10-11(5-8)26-15-13(10)14(23)20-17(21-15)25-7-12(22)19-16-18-9(2)6-24-16/h6,8H,3-5,7H2,1-2H3,(H,18,19,22)(H,20,21,23)/t8-/m1/s1. The zero-order chi connectivity index (χ0) is 18.3. The number of aromatic nitrogens is 3. The Hall–Kier alpha value is -1.71. The fourth-order valence-corrected chi connectivity index (χ4v) is 5.90. The number of anilines is 1. The third-order valence-electron chi connectivity index (χ3n) is 4.35. The molecule has 1 amide bonds. The van der Waals surface area contributed by atoms with Crippen LogP contribution in [0.1, 0.15) is 29.5 Å². The SMILES string of the molecule is Cc1csc(NC(=O)CSc2nc3sc4c(c3c(=O)[nH]2)CC[C@@H](C)C4)n1. The molecule has 0 aromatic carbocycles. The molecule has 3 aromatic heterocycles. The van der Waals surface area contributed by atoms with E-state index >= 15 is 0 Å². The lowest BCUT2D eigenvalue weighted by Gasteiger charge is -2.17. The normalized spacial score (nSPS) is 16.6. The summed E-state index contributed by atoms with van der Waals surface area (Å²) in [5.41, 5.74) is 1.95. The number of thiophene rings is 1. The lowest BCUT2D eigenvalue weighted by molar-refractivity contribution is -0.113. The summed E-state index contributed by atoms with van der Waals surface area (Å²) in [4.78, 5) is 38.3. The van der Waals surface area contributed by atoms with Crippen LogP contribution in [0.25, 0.3) is 10.2 Å². The number of fused-ring (bicyclic) bond motifs is 3. The molecule has 26 heavy (non-hydrogen) atoms. The van der Waals surface area contributed by atoms with Gasteiger partial charge in [-0.25, -0.2) is 9.97 Å². The van der Waals surface area contributed by atoms with E-state index in [2.05, 4.69) is 27.2 Å². The van der Waals surface area contributed by atoms with Crippen molar-refractivity contribution in [1.29, 1.82) is 0 Å². The maximum atomic E-state index is 12.5. The molecular weight excluding hydrogens is 388 g/mol. The highest BCUT2D eigenvalue weighted by atomic mass is 32.2. The summed E-state index contributed by atoms with van der Waals surface area (Å²) in [7, 11) is 0. The lowest BCUT2D eigenvalue weighted by Crippen LogP contribution is -2.16. The number of hydrogen-bond donors (Lipinski definition) is 2. The summed E-state index contributed by atoms with van der Waals surface area (Å²) >= 11 is 4.25. The summed E-state index contributed by atoms with van der Waals surface area (Å²) in [6.07, 6.45) is 3.09. The predicted octanol–water partition coefficient (Wildman–Crippen LogP) is 3.61. The molecule has 0 aliphatic heterocycles. The fourth-order valence-electron chi connectivity index (χ4n) is 3.10. The topological polar surface area (TPSA) is 87.7 Å². The molecule has 1 atom stereocenters. The first-order valence-electron chi connectivity index (χ1n) is 8.39. The second-order valence-corrected chi connectivity index (χ2v) is 9.44. The number of rotatable bonds is 4. The van der Waals surface area contributed by atoms with Crippen molar-refractivity contribution in [2.45, 2.75) is 38.3 Å². The number of amides is 1. The molecule has 3 heterocycles. The first-order valence-corrected chi connectivity index (χ1v) is 11.1. The van der Waals surface area contributed by atoms with Gasteiger partial charge in [0.15, 0.2) is 10.3 Å². The summed E-state index contributed by atoms with van der Waals surface area (Å²) in [5.74, 6) is 0.669. The van der Waals surface area contributed by atoms with Crippen LogP contribution in [-0.4, -0.2) is 26.6 Å². The van der Waals surface area contributed by atoms with Gasteiger partial charge in [0.2, 0.25) is 5.91 Å². The lowest BCUT2D eigenvalue weighted by atomic mass is 9.89. The second-order valence-electron chi connectivity index (χ2n) is 6.53. The van der Waals surface area contributed by atoms with Gasteiger partial charge in [-0.15, -0.1) is 22.7 Å². The van der Waals surface area contributed by atoms with E-state index in [1.54, 1.807) is 11.3 Å². The van der Waals surface area contributed by atoms with E-state index in [-0.39, 0.29) is 17.2 Å². The number of thiazole rings is 1. The molecule has 0 saturated heterocycles. The van der Waals surface area contributed by atoms with Gasteiger partial charge in [-0.1, -0.05) is 18.7 Å². The van der Waals surface area contributed by atoms with Crippen molar-refractivity contribution in [3.05, 3.63) is 31.9 Å². The molecule has 0 spiro atoms. The van der Waals surface area contributed by atoms with Gasteiger partial charge in [0, 0.05) is 10.3 Å². The number of aromatic amines is 1. The Morgan fingerprint density at radius 3 is 3.08 bits per heavy atom. The van der Waals surface area contributed by atoms with Crippen molar-refractivity contribution in [3.8, 4) is 0 Å². The van der Waals surface area contributed by atoms with E-state index in [4.69, 9.17) is 0 Å². The number of thioether (sulfide) groups is 1. The average molecular weight is 407 g/mol. The van der Waals surface area contributed by atoms with Crippen LogP contribution < -0.4 is 10.9 Å². The van der Waals surface area contributed by atoms with Crippen molar-refractivity contribution >= 4 is 55.7 Å². The molecular formula is C17H18N4O2S3. The molecule has 3 aromatic rings. The van der Waals surface area contributed by atoms with Gasteiger partial charge in [0.05, 0.1) is 16.8 Å². The molecule has 4 rings (SSSR count). The first kappa shape index (κ1) is 17.7. The Balaban J connectivity index is 1.50. The molecule has 136 valence electrons. The van der Waals surface area contributed by atoms with Crippen LogP contribution in [0.3, 0.4) is 0 Å². The monoisotopic (exact) mass is 406 g/mol. The van der Waals surface area contributed by atoms with Crippen LogP contribution in [0.4, 0.5) is 5.13 Å². The van der Waals surface area contributed by atoms with Crippen LogP contribution >= 0.6 is 34.4 Å². The van der Waals surface area contributed by atoms with Gasteiger partial charge < -0.3 is 10.3 Å². The minimum atomic E-state index is -0.161. The van der Waals surface area contributed by atoms with Crippen LogP contribution in [0.15, 0.2) is 15.3 Å². The van der Waals surface area contributed by atoms with E-state index in [9.17, 15) is 9.59 Å². The van der Waals surface area contributed by atoms with Gasteiger partial charge >= 0.3 is 0 Å². The zero-order valence-corrected chi connectivity index (χ0v) is 16.9. The Morgan fingerprint density at radius 1 is 1.46 bits per heavy atom. The molecule has 1 aliphatic carbocycles. The van der Waals surface area contributed by atoms with Crippen LogP contribution in [0, 0.1) is 12.8 Å². The van der Waals surface area contributed by atoms with E-state index in [0.29, 0.717) is 16.2 Å². The maximum Gasteiger partial charge on any atom is 0.260 e. The molecule has 0 bridgehead atoms. The summed E-state index contributed by atoms with van der Waals surface area (Å²) in [5, 5.41) is 6.46. The quantitative estimate of drug-likeness (QED) is 0.510. The predicted molar refractivity (Wildman–Crippen MR) is 108 cm³/mol. The van der Waals surface area contributed by atoms with Crippen molar-refractivity contribution < 1.29 is 4.79 Å². The van der Waals surface area contributed by atoms with Crippen molar-refractivity contribution in [2.75, 3.05) is 11.1 Å². The molecule has 1 aliphatic rings. The van der Waals surface area contributed by atoms with Crippen LogP contribution in [0.2, 0.25) is 0 Å².